The van der Waals surface area contributed by atoms with Gasteiger partial charge in [0, 0.05) is 29.5 Å². The highest BCUT2D eigenvalue weighted by atomic mass is 35.7. The quantitative estimate of drug-likeness (QED) is 0.779. The summed E-state index contributed by atoms with van der Waals surface area (Å²) < 4.78 is 24.5. The summed E-state index contributed by atoms with van der Waals surface area (Å²) in [6.07, 6.45) is 3.38. The lowest BCUT2D eigenvalue weighted by Crippen LogP contribution is -2.30. The van der Waals surface area contributed by atoms with E-state index in [1.54, 1.807) is 4.57 Å². The fourth-order valence-corrected chi connectivity index (χ4v) is 2.85. The molecule has 1 rings (SSSR count). The minimum atomic E-state index is -3.84. The maximum absolute atomic E-state index is 12.3. The van der Waals surface area contributed by atoms with Crippen LogP contribution in [0.5, 0.6) is 0 Å². The molecule has 1 aromatic heterocycles. The van der Waals surface area contributed by atoms with E-state index in [0.717, 1.165) is 12.8 Å². The van der Waals surface area contributed by atoms with Gasteiger partial charge in [0.1, 0.15) is 10.6 Å². The van der Waals surface area contributed by atoms with Gasteiger partial charge < -0.3 is 9.88 Å². The number of nitrogens with zero attached hydrogens (tertiary/aromatic N) is 1. The molecule has 1 aromatic rings. The molecule has 1 amide bonds. The van der Waals surface area contributed by atoms with E-state index >= 15 is 0 Å². The normalized spacial score (nSPS) is 12.1. The van der Waals surface area contributed by atoms with Gasteiger partial charge >= 0.3 is 0 Å². The highest BCUT2D eigenvalue weighted by Crippen LogP contribution is 2.22. The zero-order valence-electron chi connectivity index (χ0n) is 12.9. The first-order valence-corrected chi connectivity index (χ1v) is 9.46. The largest absolute Gasteiger partial charge is 0.350 e. The lowest BCUT2D eigenvalue weighted by atomic mass is 10.0. The summed E-state index contributed by atoms with van der Waals surface area (Å²) in [7, 11) is 1.51. The predicted octanol–water partition coefficient (Wildman–Crippen LogP) is 3.16. The van der Waals surface area contributed by atoms with Crippen molar-refractivity contribution in [3.63, 3.8) is 0 Å². The van der Waals surface area contributed by atoms with Crippen LogP contribution in [0.4, 0.5) is 0 Å². The lowest BCUT2D eigenvalue weighted by molar-refractivity contribution is 0.0935. The van der Waals surface area contributed by atoms with Crippen LogP contribution >= 0.6 is 10.7 Å². The van der Waals surface area contributed by atoms with Crippen molar-refractivity contribution in [3.05, 3.63) is 18.0 Å². The second-order valence-corrected chi connectivity index (χ2v) is 7.96. The molecule has 120 valence electrons. The summed E-state index contributed by atoms with van der Waals surface area (Å²) in [4.78, 5) is 12.2. The molecule has 0 saturated carbocycles. The van der Waals surface area contributed by atoms with Crippen molar-refractivity contribution in [2.24, 2.45) is 5.92 Å². The number of carbonyl (C=O) groups excluding carboxylic acids is 1. The zero-order valence-corrected chi connectivity index (χ0v) is 14.5. The maximum atomic E-state index is 12.3. The van der Waals surface area contributed by atoms with Gasteiger partial charge in [-0.2, -0.15) is 0 Å². The van der Waals surface area contributed by atoms with E-state index < -0.39 is 9.05 Å². The van der Waals surface area contributed by atoms with Crippen LogP contribution < -0.4 is 5.32 Å². The van der Waals surface area contributed by atoms with Crippen LogP contribution in [0.3, 0.4) is 0 Å². The molecule has 0 unspecified atom stereocenters. The van der Waals surface area contributed by atoms with Crippen molar-refractivity contribution in [1.29, 1.82) is 0 Å². The van der Waals surface area contributed by atoms with E-state index in [1.165, 1.54) is 12.3 Å². The molecule has 1 heterocycles. The first kappa shape index (κ1) is 18.0. The van der Waals surface area contributed by atoms with Gasteiger partial charge in [-0.15, -0.1) is 0 Å². The third kappa shape index (κ3) is 4.74. The van der Waals surface area contributed by atoms with E-state index in [2.05, 4.69) is 19.2 Å². The Kier molecular flexibility index (Phi) is 6.28. The SMILES string of the molecule is CCC(CC)CNC(=O)c1cc(S(=O)(=O)Cl)cn1C(C)C. The van der Waals surface area contributed by atoms with Gasteiger partial charge in [-0.25, -0.2) is 8.42 Å². The van der Waals surface area contributed by atoms with Crippen molar-refractivity contribution < 1.29 is 13.2 Å². The molecule has 0 aliphatic rings. The van der Waals surface area contributed by atoms with E-state index in [4.69, 9.17) is 10.7 Å². The van der Waals surface area contributed by atoms with Crippen LogP contribution in [0.2, 0.25) is 0 Å². The Bertz CT molecular complexity index is 589. The van der Waals surface area contributed by atoms with Crippen LogP contribution in [0.1, 0.15) is 57.1 Å². The fourth-order valence-electron chi connectivity index (χ4n) is 2.10. The summed E-state index contributed by atoms with van der Waals surface area (Å²) in [6.45, 7) is 8.49. The molecular formula is C14H23ClN2O3S. The van der Waals surface area contributed by atoms with E-state index in [0.29, 0.717) is 18.2 Å². The molecule has 0 bridgehead atoms. The van der Waals surface area contributed by atoms with Crippen LogP contribution in [0.15, 0.2) is 17.2 Å². The smallest absolute Gasteiger partial charge is 0.267 e. The van der Waals surface area contributed by atoms with Crippen LogP contribution in [0, 0.1) is 5.92 Å². The number of nitrogens with one attached hydrogen (secondary N) is 1. The van der Waals surface area contributed by atoms with Gasteiger partial charge in [0.25, 0.3) is 15.0 Å². The summed E-state index contributed by atoms with van der Waals surface area (Å²) >= 11 is 0. The second-order valence-electron chi connectivity index (χ2n) is 5.39. The van der Waals surface area contributed by atoms with Gasteiger partial charge in [0.15, 0.2) is 0 Å². The van der Waals surface area contributed by atoms with Crippen molar-refractivity contribution in [3.8, 4) is 0 Å². The summed E-state index contributed by atoms with van der Waals surface area (Å²) in [5.41, 5.74) is 0.315. The summed E-state index contributed by atoms with van der Waals surface area (Å²) in [6, 6.07) is 1.29. The number of carbonyl (C=O) groups is 1. The lowest BCUT2D eigenvalue weighted by Gasteiger charge is -2.15. The highest BCUT2D eigenvalue weighted by molar-refractivity contribution is 8.13. The topological polar surface area (TPSA) is 68.2 Å². The maximum Gasteiger partial charge on any atom is 0.267 e. The van der Waals surface area contributed by atoms with Gasteiger partial charge in [0.05, 0.1) is 0 Å². The number of rotatable bonds is 7. The van der Waals surface area contributed by atoms with Gasteiger partial charge in [-0.05, 0) is 25.8 Å². The molecule has 0 aliphatic heterocycles. The molecular weight excluding hydrogens is 312 g/mol. The summed E-state index contributed by atoms with van der Waals surface area (Å²) in [5.74, 6) is 0.148. The summed E-state index contributed by atoms with van der Waals surface area (Å²) in [5, 5.41) is 2.86. The Morgan fingerprint density at radius 1 is 1.33 bits per heavy atom. The molecule has 0 aliphatic carbocycles. The van der Waals surface area contributed by atoms with Crippen LogP contribution in [-0.2, 0) is 9.05 Å². The molecule has 0 saturated heterocycles. The Morgan fingerprint density at radius 2 is 1.90 bits per heavy atom. The Hall–Kier alpha value is -1.01. The van der Waals surface area contributed by atoms with Gasteiger partial charge in [-0.1, -0.05) is 26.7 Å². The zero-order chi connectivity index (χ0) is 16.2. The minimum absolute atomic E-state index is 0.0361. The molecule has 21 heavy (non-hydrogen) atoms. The standard InChI is InChI=1S/C14H23ClN2O3S/c1-5-11(6-2)8-16-14(18)13-7-12(21(15,19)20)9-17(13)10(3)4/h7,9-11H,5-6,8H2,1-4H3,(H,16,18). The number of halogens is 1. The molecule has 5 nitrogen and oxygen atoms in total. The van der Waals surface area contributed by atoms with Crippen molar-refractivity contribution in [2.45, 2.75) is 51.5 Å². The third-order valence-electron chi connectivity index (χ3n) is 3.60. The monoisotopic (exact) mass is 334 g/mol. The average molecular weight is 335 g/mol. The first-order valence-electron chi connectivity index (χ1n) is 7.15. The van der Waals surface area contributed by atoms with Crippen molar-refractivity contribution in [2.75, 3.05) is 6.54 Å². The average Bonchev–Trinajstić information content (AvgIpc) is 2.84. The van der Waals surface area contributed by atoms with Crippen molar-refractivity contribution >= 4 is 25.6 Å². The molecule has 1 N–H and O–H groups in total. The van der Waals surface area contributed by atoms with Crippen LogP contribution in [0.25, 0.3) is 0 Å². The predicted molar refractivity (Wildman–Crippen MR) is 84.3 cm³/mol. The minimum Gasteiger partial charge on any atom is -0.350 e. The van der Waals surface area contributed by atoms with Gasteiger partial charge in [0.2, 0.25) is 0 Å². The van der Waals surface area contributed by atoms with E-state index in [-0.39, 0.29) is 16.8 Å². The molecule has 0 atom stereocenters. The molecule has 7 heteroatoms. The second kappa shape index (κ2) is 7.31. The Labute approximate surface area is 131 Å². The number of hydrogen-bond acceptors (Lipinski definition) is 3. The van der Waals surface area contributed by atoms with E-state index in [9.17, 15) is 13.2 Å². The number of amides is 1. The highest BCUT2D eigenvalue weighted by Gasteiger charge is 2.21. The third-order valence-corrected chi connectivity index (χ3v) is 4.92. The molecule has 0 spiro atoms. The van der Waals surface area contributed by atoms with Crippen molar-refractivity contribution in [1.82, 2.24) is 9.88 Å². The van der Waals surface area contributed by atoms with Gasteiger partial charge in [-0.3, -0.25) is 4.79 Å². The number of hydrogen-bond donors (Lipinski definition) is 1. The first-order chi connectivity index (χ1) is 9.70. The Balaban J connectivity index is 3.00. The molecule has 0 radical (unpaired) electrons. The van der Waals surface area contributed by atoms with E-state index in [1.807, 2.05) is 13.8 Å². The number of aromatic nitrogens is 1. The Morgan fingerprint density at radius 3 is 2.33 bits per heavy atom. The molecule has 0 aromatic carbocycles. The molecule has 0 fully saturated rings. The van der Waals surface area contributed by atoms with Crippen LogP contribution in [-0.4, -0.2) is 25.4 Å². The fraction of sp³-hybridized carbons (Fsp3) is 0.643.